The van der Waals surface area contributed by atoms with Gasteiger partial charge in [-0.3, -0.25) is 0 Å². The largest absolute Gasteiger partial charge is 0.489 e. The van der Waals surface area contributed by atoms with Crippen LogP contribution < -0.4 is 10.1 Å². The van der Waals surface area contributed by atoms with E-state index in [1.165, 1.54) is 0 Å². The summed E-state index contributed by atoms with van der Waals surface area (Å²) >= 11 is 5.45. The number of carbonyl (C=O) groups excluding carboxylic acids is 1. The molecule has 134 valence electrons. The number of nitrogens with zero attached hydrogens (tertiary/aromatic N) is 1. The molecule has 0 aromatic carbocycles. The zero-order valence-corrected chi connectivity index (χ0v) is 14.2. The molecule has 1 fully saturated rings. The third-order valence-electron chi connectivity index (χ3n) is 3.22. The summed E-state index contributed by atoms with van der Waals surface area (Å²) in [7, 11) is 0. The van der Waals surface area contributed by atoms with Gasteiger partial charge >= 0.3 is 12.3 Å². The van der Waals surface area contributed by atoms with Crippen LogP contribution in [0.5, 0.6) is 5.75 Å². The summed E-state index contributed by atoms with van der Waals surface area (Å²) in [6.07, 6.45) is -3.83. The molecule has 1 heterocycles. The van der Waals surface area contributed by atoms with Crippen LogP contribution in [0.1, 0.15) is 39.2 Å². The fraction of sp³-hybridized carbons (Fsp3) is 0.600. The Labute approximate surface area is 142 Å². The maximum Gasteiger partial charge on any atom is 0.419 e. The van der Waals surface area contributed by atoms with E-state index in [-0.39, 0.29) is 18.0 Å². The number of carbonyl (C=O) groups is 1. The summed E-state index contributed by atoms with van der Waals surface area (Å²) in [6.45, 7) is 5.48. The monoisotopic (exact) mass is 366 g/mol. The van der Waals surface area contributed by atoms with Crippen molar-refractivity contribution >= 4 is 17.7 Å². The maximum absolute atomic E-state index is 12.8. The third-order valence-corrected chi connectivity index (χ3v) is 3.53. The summed E-state index contributed by atoms with van der Waals surface area (Å²) in [6, 6.07) is 0.815. The van der Waals surface area contributed by atoms with Crippen LogP contribution in [0.15, 0.2) is 12.3 Å². The minimum absolute atomic E-state index is 0.0191. The predicted octanol–water partition coefficient (Wildman–Crippen LogP) is 4.19. The van der Waals surface area contributed by atoms with E-state index in [1.807, 2.05) is 20.8 Å². The number of alkyl halides is 3. The zero-order chi connectivity index (χ0) is 18.1. The maximum atomic E-state index is 12.8. The molecular weight excluding hydrogens is 349 g/mol. The van der Waals surface area contributed by atoms with Crippen molar-refractivity contribution in [3.63, 3.8) is 0 Å². The first-order chi connectivity index (χ1) is 10.9. The normalized spacial score (nSPS) is 21.0. The van der Waals surface area contributed by atoms with Gasteiger partial charge in [0.25, 0.3) is 0 Å². The average molecular weight is 367 g/mol. The van der Waals surface area contributed by atoms with Gasteiger partial charge < -0.3 is 14.8 Å². The van der Waals surface area contributed by atoms with Crippen LogP contribution in [0.25, 0.3) is 0 Å². The Balaban J connectivity index is 1.85. The van der Waals surface area contributed by atoms with Crippen molar-refractivity contribution in [1.29, 1.82) is 0 Å². The molecule has 5 nitrogen and oxygen atoms in total. The molecule has 1 aliphatic carbocycles. The minimum atomic E-state index is -4.60. The third kappa shape index (κ3) is 5.15. The molecule has 2 rings (SSSR count). The van der Waals surface area contributed by atoms with Crippen LogP contribution in [-0.2, 0) is 10.9 Å². The van der Waals surface area contributed by atoms with Crippen LogP contribution >= 0.6 is 11.6 Å². The van der Waals surface area contributed by atoms with Gasteiger partial charge in [-0.1, -0.05) is 11.6 Å². The molecule has 9 heteroatoms. The first kappa shape index (κ1) is 18.6. The number of ether oxygens (including phenoxy) is 2. The Morgan fingerprint density at radius 2 is 1.92 bits per heavy atom. The lowest BCUT2D eigenvalue weighted by Gasteiger charge is -2.35. The van der Waals surface area contributed by atoms with E-state index < -0.39 is 28.5 Å². The highest BCUT2D eigenvalue weighted by Gasteiger charge is 2.37. The van der Waals surface area contributed by atoms with Gasteiger partial charge in [-0.2, -0.15) is 13.2 Å². The standard InChI is InChI=1S/C15H18ClF3N2O3/c1-14(2,3)21-13(22)24-9-4-8(5-9)23-10-6-11(15(17,18)19)12(16)20-7-10/h6-9H,4-5H2,1-3H3,(H,21,22). The van der Waals surface area contributed by atoms with E-state index >= 15 is 0 Å². The molecule has 1 aromatic heterocycles. The fourth-order valence-electron chi connectivity index (χ4n) is 2.08. The molecule has 1 amide bonds. The SMILES string of the molecule is CC(C)(C)NC(=O)OC1CC(Oc2cnc(Cl)c(C(F)(F)F)c2)C1. The minimum Gasteiger partial charge on any atom is -0.489 e. The first-order valence-electron chi connectivity index (χ1n) is 7.32. The Morgan fingerprint density at radius 3 is 2.46 bits per heavy atom. The van der Waals surface area contributed by atoms with Gasteiger partial charge in [0.1, 0.15) is 23.1 Å². The summed E-state index contributed by atoms with van der Waals surface area (Å²) in [4.78, 5) is 15.1. The lowest BCUT2D eigenvalue weighted by molar-refractivity contribution is -0.138. The second-order valence-corrected chi connectivity index (χ2v) is 6.98. The molecule has 0 aliphatic heterocycles. The highest BCUT2D eigenvalue weighted by atomic mass is 35.5. The van der Waals surface area contributed by atoms with Gasteiger partial charge in [0.15, 0.2) is 0 Å². The zero-order valence-electron chi connectivity index (χ0n) is 13.4. The molecule has 0 atom stereocenters. The Morgan fingerprint density at radius 1 is 1.29 bits per heavy atom. The van der Waals surface area contributed by atoms with Crippen molar-refractivity contribution in [1.82, 2.24) is 10.3 Å². The first-order valence-corrected chi connectivity index (χ1v) is 7.70. The van der Waals surface area contributed by atoms with Gasteiger partial charge in [-0.05, 0) is 26.8 Å². The van der Waals surface area contributed by atoms with E-state index in [2.05, 4.69) is 10.3 Å². The summed E-state index contributed by atoms with van der Waals surface area (Å²) in [5.41, 5.74) is -1.45. The number of hydrogen-bond donors (Lipinski definition) is 1. The van der Waals surface area contributed by atoms with Crippen molar-refractivity contribution in [2.45, 2.75) is 57.5 Å². The molecule has 0 spiro atoms. The quantitative estimate of drug-likeness (QED) is 0.815. The van der Waals surface area contributed by atoms with E-state index in [4.69, 9.17) is 21.1 Å². The second-order valence-electron chi connectivity index (χ2n) is 6.62. The summed E-state index contributed by atoms with van der Waals surface area (Å²) < 4.78 is 48.9. The number of rotatable bonds is 3. The Bertz CT molecular complexity index is 611. The van der Waals surface area contributed by atoms with E-state index in [0.29, 0.717) is 12.8 Å². The second kappa shape index (κ2) is 6.66. The molecule has 1 aliphatic rings. The highest BCUT2D eigenvalue weighted by Crippen LogP contribution is 2.36. The van der Waals surface area contributed by atoms with Crippen LogP contribution in [-0.4, -0.2) is 28.8 Å². The van der Waals surface area contributed by atoms with Gasteiger partial charge in [-0.25, -0.2) is 9.78 Å². The molecule has 0 saturated heterocycles. The fourth-order valence-corrected chi connectivity index (χ4v) is 2.29. The number of nitrogens with one attached hydrogen (secondary N) is 1. The number of alkyl carbamates (subject to hydrolysis) is 1. The van der Waals surface area contributed by atoms with E-state index in [9.17, 15) is 18.0 Å². The Hall–Kier alpha value is -1.70. The van der Waals surface area contributed by atoms with Crippen LogP contribution in [0, 0.1) is 0 Å². The molecule has 1 saturated carbocycles. The summed E-state index contributed by atoms with van der Waals surface area (Å²) in [5.74, 6) is -0.0191. The molecule has 1 N–H and O–H groups in total. The number of aromatic nitrogens is 1. The van der Waals surface area contributed by atoms with Crippen LogP contribution in [0.2, 0.25) is 5.15 Å². The smallest absolute Gasteiger partial charge is 0.419 e. The van der Waals surface area contributed by atoms with Crippen molar-refractivity contribution < 1.29 is 27.4 Å². The average Bonchev–Trinajstić information content (AvgIpc) is 2.34. The van der Waals surface area contributed by atoms with Gasteiger partial charge in [0.05, 0.1) is 11.8 Å². The molecular formula is C15H18ClF3N2O3. The molecule has 0 radical (unpaired) electrons. The topological polar surface area (TPSA) is 60.5 Å². The van der Waals surface area contributed by atoms with Gasteiger partial charge in [0, 0.05) is 18.4 Å². The Kier molecular flexibility index (Phi) is 5.17. The highest BCUT2D eigenvalue weighted by molar-refractivity contribution is 6.30. The van der Waals surface area contributed by atoms with Crippen molar-refractivity contribution in [3.8, 4) is 5.75 Å². The number of hydrogen-bond acceptors (Lipinski definition) is 4. The molecule has 1 aromatic rings. The number of amides is 1. The van der Waals surface area contributed by atoms with Crippen molar-refractivity contribution in [3.05, 3.63) is 23.0 Å². The van der Waals surface area contributed by atoms with Gasteiger partial charge in [-0.15, -0.1) is 0 Å². The van der Waals surface area contributed by atoms with E-state index in [0.717, 1.165) is 12.3 Å². The van der Waals surface area contributed by atoms with Crippen LogP contribution in [0.4, 0.5) is 18.0 Å². The van der Waals surface area contributed by atoms with Crippen molar-refractivity contribution in [2.75, 3.05) is 0 Å². The molecule has 0 unspecified atom stereocenters. The number of pyridine rings is 1. The molecule has 24 heavy (non-hydrogen) atoms. The lowest BCUT2D eigenvalue weighted by atomic mass is 9.92. The lowest BCUT2D eigenvalue weighted by Crippen LogP contribution is -2.46. The van der Waals surface area contributed by atoms with E-state index in [1.54, 1.807) is 0 Å². The molecule has 0 bridgehead atoms. The number of halogens is 4. The van der Waals surface area contributed by atoms with Crippen LogP contribution in [0.3, 0.4) is 0 Å². The predicted molar refractivity (Wildman–Crippen MR) is 81.1 cm³/mol. The van der Waals surface area contributed by atoms with Gasteiger partial charge in [0.2, 0.25) is 0 Å². The van der Waals surface area contributed by atoms with Crippen molar-refractivity contribution in [2.24, 2.45) is 0 Å². The summed E-state index contributed by atoms with van der Waals surface area (Å²) in [5, 5.41) is 2.04.